The van der Waals surface area contributed by atoms with E-state index in [9.17, 15) is 9.18 Å². The predicted molar refractivity (Wildman–Crippen MR) is 84.0 cm³/mol. The highest BCUT2D eigenvalue weighted by molar-refractivity contribution is 7.26. The van der Waals surface area contributed by atoms with E-state index in [1.54, 1.807) is 19.2 Å². The molecule has 0 bridgehead atoms. The minimum absolute atomic E-state index is 0.177. The van der Waals surface area contributed by atoms with Gasteiger partial charge < -0.3 is 9.72 Å². The maximum absolute atomic E-state index is 13.4. The summed E-state index contributed by atoms with van der Waals surface area (Å²) in [5.41, 5.74) is 0.491. The lowest BCUT2D eigenvalue weighted by molar-refractivity contribution is 0.419. The molecule has 21 heavy (non-hydrogen) atoms. The Labute approximate surface area is 122 Å². The number of pyridine rings is 1. The second kappa shape index (κ2) is 4.30. The number of benzene rings is 2. The van der Waals surface area contributed by atoms with E-state index >= 15 is 0 Å². The summed E-state index contributed by atoms with van der Waals surface area (Å²) in [6, 6.07) is 10.2. The quantitative estimate of drug-likeness (QED) is 0.576. The van der Waals surface area contributed by atoms with Gasteiger partial charge in [-0.3, -0.25) is 4.79 Å². The van der Waals surface area contributed by atoms with Crippen LogP contribution in [0.25, 0.3) is 31.1 Å². The van der Waals surface area contributed by atoms with Crippen molar-refractivity contribution in [2.45, 2.75) is 0 Å². The third kappa shape index (κ3) is 1.67. The number of methoxy groups -OCH3 is 1. The maximum Gasteiger partial charge on any atom is 0.266 e. The second-order valence-corrected chi connectivity index (χ2v) is 5.84. The van der Waals surface area contributed by atoms with Crippen molar-refractivity contribution >= 4 is 42.4 Å². The first-order valence-corrected chi connectivity index (χ1v) is 7.21. The summed E-state index contributed by atoms with van der Waals surface area (Å²) in [5, 5.41) is 2.65. The fraction of sp³-hybridized carbons (Fsp3) is 0.0625. The van der Waals surface area contributed by atoms with Crippen LogP contribution in [0.3, 0.4) is 0 Å². The summed E-state index contributed by atoms with van der Waals surface area (Å²) in [5.74, 6) is 0.320. The summed E-state index contributed by atoms with van der Waals surface area (Å²) in [7, 11) is 1.57. The summed E-state index contributed by atoms with van der Waals surface area (Å²) in [6.07, 6.45) is 0. The molecule has 3 nitrogen and oxygen atoms in total. The Morgan fingerprint density at radius 1 is 1.19 bits per heavy atom. The van der Waals surface area contributed by atoms with E-state index < -0.39 is 0 Å². The van der Waals surface area contributed by atoms with E-state index in [0.717, 1.165) is 20.9 Å². The summed E-state index contributed by atoms with van der Waals surface area (Å²) >= 11 is 1.31. The van der Waals surface area contributed by atoms with Crippen molar-refractivity contribution in [3.05, 3.63) is 52.6 Å². The largest absolute Gasteiger partial charge is 0.495 e. The fourth-order valence-electron chi connectivity index (χ4n) is 2.71. The first-order valence-electron chi connectivity index (χ1n) is 6.40. The molecule has 2 aromatic heterocycles. The molecular weight excluding hydrogens is 289 g/mol. The molecule has 4 aromatic rings. The number of H-pyrrole nitrogens is 1. The number of rotatable bonds is 1. The zero-order valence-electron chi connectivity index (χ0n) is 11.1. The van der Waals surface area contributed by atoms with Crippen LogP contribution in [0.15, 0.2) is 41.2 Å². The average Bonchev–Trinajstić information content (AvgIpc) is 2.86. The zero-order valence-corrected chi connectivity index (χ0v) is 11.9. The van der Waals surface area contributed by atoms with Gasteiger partial charge in [0.2, 0.25) is 0 Å². The highest BCUT2D eigenvalue weighted by Crippen LogP contribution is 2.37. The molecule has 0 aliphatic heterocycles. The van der Waals surface area contributed by atoms with Crippen molar-refractivity contribution in [1.82, 2.24) is 4.98 Å². The van der Waals surface area contributed by atoms with E-state index in [0.29, 0.717) is 16.0 Å². The van der Waals surface area contributed by atoms with Gasteiger partial charge in [-0.1, -0.05) is 12.1 Å². The minimum atomic E-state index is -0.299. The number of hydrogen-bond acceptors (Lipinski definition) is 3. The van der Waals surface area contributed by atoms with Gasteiger partial charge in [-0.2, -0.15) is 0 Å². The van der Waals surface area contributed by atoms with Crippen molar-refractivity contribution in [1.29, 1.82) is 0 Å². The predicted octanol–water partition coefficient (Wildman–Crippen LogP) is 4.04. The van der Waals surface area contributed by atoms with Crippen LogP contribution in [0.2, 0.25) is 0 Å². The van der Waals surface area contributed by atoms with Crippen LogP contribution >= 0.6 is 11.3 Å². The molecule has 5 heteroatoms. The van der Waals surface area contributed by atoms with E-state index in [1.807, 2.05) is 12.1 Å². The Morgan fingerprint density at radius 3 is 2.86 bits per heavy atom. The molecule has 4 rings (SSSR count). The third-order valence-corrected chi connectivity index (χ3v) is 4.76. The Hall–Kier alpha value is -2.40. The molecule has 2 aromatic carbocycles. The lowest BCUT2D eigenvalue weighted by Crippen LogP contribution is -2.05. The molecule has 0 fully saturated rings. The molecule has 0 aliphatic rings. The smallest absolute Gasteiger partial charge is 0.266 e. The lowest BCUT2D eigenvalue weighted by atomic mass is 10.1. The lowest BCUT2D eigenvalue weighted by Gasteiger charge is -2.06. The normalized spacial score (nSPS) is 11.5. The molecule has 104 valence electrons. The SMILES string of the molecule is COc1cccc2c1[nH]c(=O)c1sc3cc(F)ccc3c12. The van der Waals surface area contributed by atoms with Crippen molar-refractivity contribution in [2.24, 2.45) is 0 Å². The molecule has 0 saturated carbocycles. The summed E-state index contributed by atoms with van der Waals surface area (Å²) in [4.78, 5) is 15.2. The highest BCUT2D eigenvalue weighted by atomic mass is 32.1. The van der Waals surface area contributed by atoms with Crippen LogP contribution < -0.4 is 10.3 Å². The number of aromatic nitrogens is 1. The minimum Gasteiger partial charge on any atom is -0.495 e. The Balaban J connectivity index is 2.34. The van der Waals surface area contributed by atoms with Gasteiger partial charge in [-0.15, -0.1) is 11.3 Å². The second-order valence-electron chi connectivity index (χ2n) is 4.78. The molecule has 1 N–H and O–H groups in total. The van der Waals surface area contributed by atoms with Gasteiger partial charge in [0.25, 0.3) is 5.56 Å². The van der Waals surface area contributed by atoms with Crippen LogP contribution in [-0.2, 0) is 0 Å². The molecular formula is C16H10FNO2S. The maximum atomic E-state index is 13.4. The van der Waals surface area contributed by atoms with Gasteiger partial charge in [0.05, 0.1) is 12.6 Å². The number of hydrogen-bond donors (Lipinski definition) is 1. The monoisotopic (exact) mass is 299 g/mol. The number of aromatic amines is 1. The van der Waals surface area contributed by atoms with Crippen molar-refractivity contribution in [3.63, 3.8) is 0 Å². The number of fused-ring (bicyclic) bond motifs is 5. The van der Waals surface area contributed by atoms with Crippen molar-refractivity contribution in [2.75, 3.05) is 7.11 Å². The van der Waals surface area contributed by atoms with Crippen LogP contribution in [0.5, 0.6) is 5.75 Å². The van der Waals surface area contributed by atoms with Crippen LogP contribution in [0.1, 0.15) is 0 Å². The first kappa shape index (κ1) is 12.3. The van der Waals surface area contributed by atoms with Crippen LogP contribution in [-0.4, -0.2) is 12.1 Å². The summed E-state index contributed by atoms with van der Waals surface area (Å²) < 4.78 is 20.1. The van der Waals surface area contributed by atoms with Crippen molar-refractivity contribution in [3.8, 4) is 5.75 Å². The Bertz CT molecular complexity index is 1060. The van der Waals surface area contributed by atoms with Gasteiger partial charge in [0, 0.05) is 20.9 Å². The molecule has 0 amide bonds. The molecule has 0 atom stereocenters. The van der Waals surface area contributed by atoms with Gasteiger partial charge in [-0.05, 0) is 24.3 Å². The zero-order chi connectivity index (χ0) is 14.6. The van der Waals surface area contributed by atoms with E-state index in [1.165, 1.54) is 23.5 Å². The van der Waals surface area contributed by atoms with Gasteiger partial charge in [0.15, 0.2) is 0 Å². The number of thiophene rings is 1. The molecule has 0 unspecified atom stereocenters. The average molecular weight is 299 g/mol. The first-order chi connectivity index (χ1) is 10.2. The number of para-hydroxylation sites is 1. The fourth-order valence-corrected chi connectivity index (χ4v) is 3.84. The van der Waals surface area contributed by atoms with E-state index in [2.05, 4.69) is 4.98 Å². The number of ether oxygens (including phenoxy) is 1. The molecule has 0 saturated heterocycles. The summed E-state index contributed by atoms with van der Waals surface area (Å²) in [6.45, 7) is 0. The number of nitrogens with one attached hydrogen (secondary N) is 1. The van der Waals surface area contributed by atoms with Gasteiger partial charge in [-0.25, -0.2) is 4.39 Å². The molecule has 0 aliphatic carbocycles. The van der Waals surface area contributed by atoms with Crippen molar-refractivity contribution < 1.29 is 9.13 Å². The molecule has 0 radical (unpaired) electrons. The highest BCUT2D eigenvalue weighted by Gasteiger charge is 2.14. The Morgan fingerprint density at radius 2 is 2.05 bits per heavy atom. The van der Waals surface area contributed by atoms with Gasteiger partial charge in [0.1, 0.15) is 16.3 Å². The van der Waals surface area contributed by atoms with E-state index in [-0.39, 0.29) is 11.4 Å². The Kier molecular flexibility index (Phi) is 2.53. The van der Waals surface area contributed by atoms with Crippen LogP contribution in [0, 0.1) is 5.82 Å². The molecule has 0 spiro atoms. The topological polar surface area (TPSA) is 42.1 Å². The molecule has 2 heterocycles. The third-order valence-electron chi connectivity index (χ3n) is 3.61. The standard InChI is InChI=1S/C16H10FNO2S/c1-20-11-4-2-3-10-13-9-6-5-8(17)7-12(9)21-15(13)16(19)18-14(10)11/h2-7H,1H3,(H,18,19). The van der Waals surface area contributed by atoms with Crippen LogP contribution in [0.4, 0.5) is 4.39 Å². The van der Waals surface area contributed by atoms with Gasteiger partial charge >= 0.3 is 0 Å². The number of halogens is 1. The van der Waals surface area contributed by atoms with E-state index in [4.69, 9.17) is 4.74 Å².